The lowest BCUT2D eigenvalue weighted by Gasteiger charge is -2.04. The molecule has 0 aliphatic rings. The van der Waals surface area contributed by atoms with Crippen LogP contribution < -0.4 is 0 Å². The van der Waals surface area contributed by atoms with E-state index >= 15 is 0 Å². The fourth-order valence-corrected chi connectivity index (χ4v) is 2.74. The predicted molar refractivity (Wildman–Crippen MR) is 74.8 cm³/mol. The monoisotopic (exact) mass is 301 g/mol. The van der Waals surface area contributed by atoms with Gasteiger partial charge in [0.1, 0.15) is 18.2 Å². The Morgan fingerprint density at radius 2 is 2.11 bits per heavy atom. The van der Waals surface area contributed by atoms with Crippen LogP contribution in [0, 0.1) is 0 Å². The highest BCUT2D eigenvalue weighted by molar-refractivity contribution is 8.76. The summed E-state index contributed by atoms with van der Waals surface area (Å²) in [6.07, 6.45) is 1.83. The van der Waals surface area contributed by atoms with Gasteiger partial charge in [-0.2, -0.15) is 0 Å². The molecule has 0 saturated carbocycles. The molecule has 0 N–H and O–H groups in total. The molecule has 0 aliphatic heterocycles. The van der Waals surface area contributed by atoms with E-state index in [2.05, 4.69) is 9.72 Å². The first kappa shape index (κ1) is 15.8. The number of hydrogen-bond acceptors (Lipinski definition) is 7. The summed E-state index contributed by atoms with van der Waals surface area (Å²) in [5.41, 5.74) is 0. The molecule has 0 bridgehead atoms. The van der Waals surface area contributed by atoms with Gasteiger partial charge in [-0.25, -0.2) is 4.98 Å². The Morgan fingerprint density at radius 3 is 2.79 bits per heavy atom. The van der Waals surface area contributed by atoms with E-state index in [0.717, 1.165) is 5.03 Å². The lowest BCUT2D eigenvalue weighted by molar-refractivity contribution is -0.147. The van der Waals surface area contributed by atoms with E-state index < -0.39 is 5.97 Å². The first-order valence-corrected chi connectivity index (χ1v) is 8.00. The van der Waals surface area contributed by atoms with Crippen LogP contribution in [0.1, 0.15) is 13.3 Å². The second kappa shape index (κ2) is 9.69. The van der Waals surface area contributed by atoms with E-state index in [-0.39, 0.29) is 19.0 Å². The van der Waals surface area contributed by atoms with Gasteiger partial charge in [0.15, 0.2) is 0 Å². The maximum absolute atomic E-state index is 11.2. The van der Waals surface area contributed by atoms with Crippen LogP contribution in [0.2, 0.25) is 0 Å². The Balaban J connectivity index is 1.98. The molecule has 0 saturated heterocycles. The largest absolute Gasteiger partial charge is 0.465 e. The number of ether oxygens (including phenoxy) is 2. The molecule has 1 heterocycles. The van der Waals surface area contributed by atoms with Gasteiger partial charge in [-0.05, 0) is 22.9 Å². The Morgan fingerprint density at radius 1 is 1.26 bits per heavy atom. The second-order valence-corrected chi connectivity index (χ2v) is 5.82. The number of carbonyl (C=O) groups excluding carboxylic acids is 2. The van der Waals surface area contributed by atoms with Gasteiger partial charge in [0.05, 0.1) is 6.42 Å². The van der Waals surface area contributed by atoms with Crippen LogP contribution in [0.4, 0.5) is 0 Å². The summed E-state index contributed by atoms with van der Waals surface area (Å²) in [5.74, 6) is -0.0691. The standard InChI is InChI=1S/C12H15NO4S2/c1-10(14)16-7-5-12(15)17-8-9-18-19-11-4-2-3-6-13-11/h2-4,6H,5,7-9H2,1H3. The molecule has 1 rings (SSSR count). The summed E-state index contributed by atoms with van der Waals surface area (Å²) < 4.78 is 9.62. The Kier molecular flexibility index (Phi) is 8.08. The normalized spacial score (nSPS) is 9.95. The summed E-state index contributed by atoms with van der Waals surface area (Å²) in [5, 5.41) is 0.925. The van der Waals surface area contributed by atoms with Crippen LogP contribution in [-0.2, 0) is 19.1 Å². The van der Waals surface area contributed by atoms with Crippen LogP contribution in [0.25, 0.3) is 0 Å². The molecule has 5 nitrogen and oxygen atoms in total. The highest BCUT2D eigenvalue weighted by atomic mass is 33.1. The molecule has 0 aromatic carbocycles. The molecular formula is C12H15NO4S2. The van der Waals surface area contributed by atoms with Crippen LogP contribution in [0.3, 0.4) is 0 Å². The highest BCUT2D eigenvalue weighted by Gasteiger charge is 2.04. The van der Waals surface area contributed by atoms with E-state index in [1.807, 2.05) is 18.2 Å². The van der Waals surface area contributed by atoms with Crippen molar-refractivity contribution in [2.24, 2.45) is 0 Å². The first-order chi connectivity index (χ1) is 9.18. The van der Waals surface area contributed by atoms with Crippen LogP contribution >= 0.6 is 21.6 Å². The number of esters is 2. The van der Waals surface area contributed by atoms with Gasteiger partial charge in [0, 0.05) is 18.9 Å². The lowest BCUT2D eigenvalue weighted by atomic mass is 10.5. The van der Waals surface area contributed by atoms with E-state index in [1.165, 1.54) is 17.7 Å². The van der Waals surface area contributed by atoms with Gasteiger partial charge in [-0.1, -0.05) is 16.9 Å². The molecule has 0 aliphatic carbocycles. The molecule has 19 heavy (non-hydrogen) atoms. The molecular weight excluding hydrogens is 286 g/mol. The predicted octanol–water partition coefficient (Wildman–Crippen LogP) is 2.32. The molecule has 0 atom stereocenters. The summed E-state index contributed by atoms with van der Waals surface area (Å²) >= 11 is 0. The number of pyridine rings is 1. The van der Waals surface area contributed by atoms with E-state index in [9.17, 15) is 9.59 Å². The van der Waals surface area contributed by atoms with E-state index in [1.54, 1.807) is 17.0 Å². The number of carbonyl (C=O) groups is 2. The highest BCUT2D eigenvalue weighted by Crippen LogP contribution is 2.28. The topological polar surface area (TPSA) is 65.5 Å². The third kappa shape index (κ3) is 8.50. The number of nitrogens with zero attached hydrogens (tertiary/aromatic N) is 1. The van der Waals surface area contributed by atoms with Gasteiger partial charge in [-0.3, -0.25) is 9.59 Å². The van der Waals surface area contributed by atoms with Crippen molar-refractivity contribution in [2.45, 2.75) is 18.4 Å². The van der Waals surface area contributed by atoms with Crippen molar-refractivity contribution in [1.29, 1.82) is 0 Å². The van der Waals surface area contributed by atoms with Crippen molar-refractivity contribution < 1.29 is 19.1 Å². The van der Waals surface area contributed by atoms with Gasteiger partial charge in [0.2, 0.25) is 0 Å². The molecule has 0 fully saturated rings. The molecule has 1 aromatic rings. The average Bonchev–Trinajstić information content (AvgIpc) is 2.39. The SMILES string of the molecule is CC(=O)OCCC(=O)OCCSSc1ccccn1. The smallest absolute Gasteiger partial charge is 0.309 e. The molecule has 0 spiro atoms. The first-order valence-electron chi connectivity index (χ1n) is 5.68. The molecule has 0 amide bonds. The summed E-state index contributed by atoms with van der Waals surface area (Å²) in [4.78, 5) is 25.8. The van der Waals surface area contributed by atoms with Gasteiger partial charge in [-0.15, -0.1) is 0 Å². The van der Waals surface area contributed by atoms with E-state index in [0.29, 0.717) is 12.4 Å². The van der Waals surface area contributed by atoms with E-state index in [4.69, 9.17) is 4.74 Å². The maximum atomic E-state index is 11.2. The Hall–Kier alpha value is -1.21. The molecule has 7 heteroatoms. The molecule has 1 aromatic heterocycles. The average molecular weight is 301 g/mol. The van der Waals surface area contributed by atoms with Crippen LogP contribution in [0.5, 0.6) is 0 Å². The lowest BCUT2D eigenvalue weighted by Crippen LogP contribution is -2.11. The number of rotatable bonds is 8. The maximum Gasteiger partial charge on any atom is 0.309 e. The summed E-state index contributed by atoms with van der Waals surface area (Å²) in [7, 11) is 3.11. The summed E-state index contributed by atoms with van der Waals surface area (Å²) in [6, 6.07) is 5.70. The number of hydrogen-bond donors (Lipinski definition) is 0. The van der Waals surface area contributed by atoms with Gasteiger partial charge < -0.3 is 9.47 Å². The second-order valence-electron chi connectivity index (χ2n) is 3.38. The van der Waals surface area contributed by atoms with Crippen molar-refractivity contribution >= 4 is 33.5 Å². The van der Waals surface area contributed by atoms with Gasteiger partial charge in [0.25, 0.3) is 0 Å². The third-order valence-electron chi connectivity index (χ3n) is 1.82. The fourth-order valence-electron chi connectivity index (χ4n) is 1.04. The Bertz CT molecular complexity index is 400. The van der Waals surface area contributed by atoms with Crippen LogP contribution in [0.15, 0.2) is 29.4 Å². The van der Waals surface area contributed by atoms with Crippen molar-refractivity contribution in [3.8, 4) is 0 Å². The van der Waals surface area contributed by atoms with Crippen molar-refractivity contribution in [1.82, 2.24) is 4.98 Å². The minimum atomic E-state index is -0.393. The fraction of sp³-hybridized carbons (Fsp3) is 0.417. The zero-order valence-corrected chi connectivity index (χ0v) is 12.2. The Labute approximate surface area is 119 Å². The zero-order chi connectivity index (χ0) is 13.9. The molecule has 0 radical (unpaired) electrons. The zero-order valence-electron chi connectivity index (χ0n) is 10.5. The minimum Gasteiger partial charge on any atom is -0.465 e. The van der Waals surface area contributed by atoms with Gasteiger partial charge >= 0.3 is 11.9 Å². The van der Waals surface area contributed by atoms with Crippen molar-refractivity contribution in [2.75, 3.05) is 19.0 Å². The minimum absolute atomic E-state index is 0.0734. The van der Waals surface area contributed by atoms with Crippen molar-refractivity contribution in [3.05, 3.63) is 24.4 Å². The van der Waals surface area contributed by atoms with Crippen molar-refractivity contribution in [3.63, 3.8) is 0 Å². The third-order valence-corrected chi connectivity index (χ3v) is 4.05. The summed E-state index contributed by atoms with van der Waals surface area (Å²) in [6.45, 7) is 1.71. The number of aromatic nitrogens is 1. The van der Waals surface area contributed by atoms with Crippen LogP contribution in [-0.4, -0.2) is 35.9 Å². The molecule has 0 unspecified atom stereocenters. The molecule has 104 valence electrons. The quantitative estimate of drug-likeness (QED) is 0.415.